The number of carbonyl (C=O) groups excluding carboxylic acids is 1. The fraction of sp³-hybridized carbons (Fsp3) is 0.889. The molecule has 0 spiro atoms. The number of likely N-dealkylation sites (N-methyl/N-ethyl adjacent to an activating group) is 1. The van der Waals surface area contributed by atoms with E-state index in [-0.39, 0.29) is 12.0 Å². The van der Waals surface area contributed by atoms with Gasteiger partial charge in [0.25, 0.3) is 0 Å². The van der Waals surface area contributed by atoms with Crippen LogP contribution in [0.1, 0.15) is 13.3 Å². The van der Waals surface area contributed by atoms with E-state index < -0.39 is 0 Å². The summed E-state index contributed by atoms with van der Waals surface area (Å²) >= 11 is 0. The number of aliphatic hydroxyl groups excluding tert-OH is 1. The van der Waals surface area contributed by atoms with Gasteiger partial charge >= 0.3 is 0 Å². The number of hydrogen-bond acceptors (Lipinski definition) is 3. The molecule has 1 atom stereocenters. The highest BCUT2D eigenvalue weighted by molar-refractivity contribution is 5.77. The van der Waals surface area contributed by atoms with Crippen molar-refractivity contribution < 1.29 is 9.90 Å². The van der Waals surface area contributed by atoms with Crippen molar-refractivity contribution in [2.75, 3.05) is 33.2 Å². The maximum Gasteiger partial charge on any atom is 0.236 e. The average molecular weight is 186 g/mol. The van der Waals surface area contributed by atoms with Crippen LogP contribution in [-0.2, 0) is 4.79 Å². The van der Waals surface area contributed by atoms with Crippen molar-refractivity contribution in [3.63, 3.8) is 0 Å². The van der Waals surface area contributed by atoms with E-state index in [0.29, 0.717) is 13.1 Å². The molecule has 4 nitrogen and oxygen atoms in total. The number of aliphatic hydroxyl groups is 1. The topological polar surface area (TPSA) is 43.8 Å². The van der Waals surface area contributed by atoms with Crippen LogP contribution < -0.4 is 0 Å². The Morgan fingerprint density at radius 2 is 2.38 bits per heavy atom. The number of nitrogens with zero attached hydrogens (tertiary/aromatic N) is 2. The van der Waals surface area contributed by atoms with Gasteiger partial charge in [0, 0.05) is 26.7 Å². The summed E-state index contributed by atoms with van der Waals surface area (Å²) < 4.78 is 0. The number of amides is 1. The van der Waals surface area contributed by atoms with Crippen LogP contribution in [0.15, 0.2) is 0 Å². The summed E-state index contributed by atoms with van der Waals surface area (Å²) in [7, 11) is 1.80. The minimum atomic E-state index is -0.236. The van der Waals surface area contributed by atoms with Gasteiger partial charge in [0.1, 0.15) is 0 Å². The number of carbonyl (C=O) groups is 1. The van der Waals surface area contributed by atoms with Crippen molar-refractivity contribution in [2.45, 2.75) is 19.4 Å². The molecule has 0 aromatic heterocycles. The van der Waals surface area contributed by atoms with Crippen LogP contribution >= 0.6 is 0 Å². The number of likely N-dealkylation sites (tertiary alicyclic amines) is 1. The van der Waals surface area contributed by atoms with Crippen molar-refractivity contribution >= 4 is 5.91 Å². The first-order chi connectivity index (χ1) is 6.13. The fourth-order valence-electron chi connectivity index (χ4n) is 1.44. The summed E-state index contributed by atoms with van der Waals surface area (Å²) in [5.74, 6) is 0.136. The molecule has 1 heterocycles. The lowest BCUT2D eigenvalue weighted by molar-refractivity contribution is -0.130. The largest absolute Gasteiger partial charge is 0.392 e. The van der Waals surface area contributed by atoms with Gasteiger partial charge in [-0.15, -0.1) is 0 Å². The van der Waals surface area contributed by atoms with E-state index in [1.54, 1.807) is 11.9 Å². The highest BCUT2D eigenvalue weighted by Crippen LogP contribution is 2.08. The molecule has 1 amide bonds. The molecule has 0 aromatic rings. The van der Waals surface area contributed by atoms with E-state index in [1.807, 2.05) is 11.8 Å². The fourth-order valence-corrected chi connectivity index (χ4v) is 1.44. The summed E-state index contributed by atoms with van der Waals surface area (Å²) in [6.07, 6.45) is 0.558. The van der Waals surface area contributed by atoms with Gasteiger partial charge in [-0.3, -0.25) is 9.69 Å². The van der Waals surface area contributed by atoms with Gasteiger partial charge in [-0.1, -0.05) is 0 Å². The molecule has 0 radical (unpaired) electrons. The summed E-state index contributed by atoms with van der Waals surface area (Å²) in [5, 5.41) is 9.24. The van der Waals surface area contributed by atoms with Gasteiger partial charge in [0.15, 0.2) is 0 Å². The molecule has 1 aliphatic rings. The Balaban J connectivity index is 2.28. The zero-order chi connectivity index (χ0) is 9.84. The van der Waals surface area contributed by atoms with Crippen LogP contribution in [0.5, 0.6) is 0 Å². The molecule has 0 aromatic carbocycles. The summed E-state index contributed by atoms with van der Waals surface area (Å²) in [4.78, 5) is 15.1. The number of β-amino-alcohol motifs (C(OH)–C–C–N with tert-alkyl or cyclic N) is 1. The van der Waals surface area contributed by atoms with E-state index >= 15 is 0 Å². The molecule has 76 valence electrons. The molecular weight excluding hydrogens is 168 g/mol. The van der Waals surface area contributed by atoms with Crippen molar-refractivity contribution in [1.82, 2.24) is 9.80 Å². The van der Waals surface area contributed by atoms with E-state index in [0.717, 1.165) is 19.5 Å². The molecule has 1 N–H and O–H groups in total. The van der Waals surface area contributed by atoms with Crippen LogP contribution in [0.4, 0.5) is 0 Å². The van der Waals surface area contributed by atoms with Crippen molar-refractivity contribution in [2.24, 2.45) is 0 Å². The lowest BCUT2D eigenvalue weighted by Crippen LogP contribution is -2.37. The quantitative estimate of drug-likeness (QED) is 0.648. The predicted molar refractivity (Wildman–Crippen MR) is 50.4 cm³/mol. The molecule has 1 saturated heterocycles. The summed E-state index contributed by atoms with van der Waals surface area (Å²) in [5.41, 5.74) is 0. The smallest absolute Gasteiger partial charge is 0.236 e. The van der Waals surface area contributed by atoms with Gasteiger partial charge in [-0.25, -0.2) is 0 Å². The normalized spacial score (nSPS) is 23.5. The van der Waals surface area contributed by atoms with Crippen LogP contribution in [0.25, 0.3) is 0 Å². The first-order valence-corrected chi connectivity index (χ1v) is 4.78. The van der Waals surface area contributed by atoms with Crippen LogP contribution in [0, 0.1) is 0 Å². The van der Waals surface area contributed by atoms with Crippen molar-refractivity contribution in [1.29, 1.82) is 0 Å². The van der Waals surface area contributed by atoms with Gasteiger partial charge in [-0.2, -0.15) is 0 Å². The first kappa shape index (κ1) is 10.5. The molecule has 0 bridgehead atoms. The van der Waals surface area contributed by atoms with E-state index in [4.69, 9.17) is 0 Å². The minimum Gasteiger partial charge on any atom is -0.392 e. The van der Waals surface area contributed by atoms with E-state index in [9.17, 15) is 9.90 Å². The molecule has 13 heavy (non-hydrogen) atoms. The molecule has 1 rings (SSSR count). The predicted octanol–water partition coefficient (Wildman–Crippen LogP) is -0.469. The van der Waals surface area contributed by atoms with Gasteiger partial charge in [0.2, 0.25) is 5.91 Å². The minimum absolute atomic E-state index is 0.136. The Kier molecular flexibility index (Phi) is 3.69. The summed E-state index contributed by atoms with van der Waals surface area (Å²) in [6, 6.07) is 0. The lowest BCUT2D eigenvalue weighted by atomic mass is 10.3. The Bertz CT molecular complexity index is 184. The van der Waals surface area contributed by atoms with Crippen molar-refractivity contribution in [3.05, 3.63) is 0 Å². The zero-order valence-electron chi connectivity index (χ0n) is 8.36. The second-order valence-electron chi connectivity index (χ2n) is 3.59. The van der Waals surface area contributed by atoms with Gasteiger partial charge in [0.05, 0.1) is 12.6 Å². The SMILES string of the molecule is CCN(C)C(=O)CN1CCC(O)C1. The Morgan fingerprint density at radius 3 is 2.85 bits per heavy atom. The molecule has 1 unspecified atom stereocenters. The molecule has 0 saturated carbocycles. The third kappa shape index (κ3) is 2.97. The van der Waals surface area contributed by atoms with E-state index in [1.165, 1.54) is 0 Å². The lowest BCUT2D eigenvalue weighted by Gasteiger charge is -2.19. The molecule has 1 aliphatic heterocycles. The second-order valence-corrected chi connectivity index (χ2v) is 3.59. The maximum absolute atomic E-state index is 11.4. The summed E-state index contributed by atoms with van der Waals surface area (Å²) in [6.45, 7) is 4.63. The van der Waals surface area contributed by atoms with Crippen LogP contribution in [0.3, 0.4) is 0 Å². The molecule has 1 fully saturated rings. The highest BCUT2D eigenvalue weighted by atomic mass is 16.3. The third-order valence-electron chi connectivity index (χ3n) is 2.51. The first-order valence-electron chi connectivity index (χ1n) is 4.78. The number of hydrogen-bond donors (Lipinski definition) is 1. The van der Waals surface area contributed by atoms with Crippen LogP contribution in [0.2, 0.25) is 0 Å². The zero-order valence-corrected chi connectivity index (χ0v) is 8.36. The Hall–Kier alpha value is -0.610. The Morgan fingerprint density at radius 1 is 1.69 bits per heavy atom. The monoisotopic (exact) mass is 186 g/mol. The second kappa shape index (κ2) is 4.58. The maximum atomic E-state index is 11.4. The standard InChI is InChI=1S/C9H18N2O2/c1-3-10(2)9(13)7-11-5-4-8(12)6-11/h8,12H,3-7H2,1-2H3. The van der Waals surface area contributed by atoms with Crippen molar-refractivity contribution in [3.8, 4) is 0 Å². The average Bonchev–Trinajstić information content (AvgIpc) is 2.49. The molecular formula is C9H18N2O2. The molecule has 4 heteroatoms. The Labute approximate surface area is 79.1 Å². The third-order valence-corrected chi connectivity index (χ3v) is 2.51. The number of rotatable bonds is 3. The van der Waals surface area contributed by atoms with Gasteiger partial charge < -0.3 is 10.0 Å². The van der Waals surface area contributed by atoms with Gasteiger partial charge in [-0.05, 0) is 13.3 Å². The molecule has 0 aliphatic carbocycles. The van der Waals surface area contributed by atoms with E-state index in [2.05, 4.69) is 0 Å². The van der Waals surface area contributed by atoms with Crippen LogP contribution in [-0.4, -0.2) is 60.1 Å². The highest BCUT2D eigenvalue weighted by Gasteiger charge is 2.22.